The summed E-state index contributed by atoms with van der Waals surface area (Å²) in [6.45, 7) is 1.70. The zero-order chi connectivity index (χ0) is 29.3. The molecule has 214 valence electrons. The summed E-state index contributed by atoms with van der Waals surface area (Å²) in [5, 5.41) is 2.90. The molecule has 0 aliphatic heterocycles. The fraction of sp³-hybridized carbons (Fsp3) is 0.310. The highest BCUT2D eigenvalue weighted by atomic mass is 79.9. The van der Waals surface area contributed by atoms with Gasteiger partial charge in [-0.3, -0.25) is 13.9 Å². The maximum atomic E-state index is 14.0. The monoisotopic (exact) mass is 635 g/mol. The molecule has 7 nitrogen and oxygen atoms in total. The van der Waals surface area contributed by atoms with Crippen LogP contribution in [0, 0.1) is 11.6 Å². The topological polar surface area (TPSA) is 86.8 Å². The lowest BCUT2D eigenvalue weighted by molar-refractivity contribution is -0.140. The normalized spacial score (nSPS) is 12.0. The molecule has 11 heteroatoms. The van der Waals surface area contributed by atoms with Crippen molar-refractivity contribution in [1.82, 2.24) is 10.2 Å². The summed E-state index contributed by atoms with van der Waals surface area (Å²) < 4.78 is 54.5. The highest BCUT2D eigenvalue weighted by molar-refractivity contribution is 9.10. The SMILES string of the molecule is CCCCNC(=O)C(Cc1ccccc1)N(Cc1cccc(Br)c1)C(=O)CN(c1ccc(F)c(F)c1)S(C)(=O)=O. The van der Waals surface area contributed by atoms with E-state index in [1.165, 1.54) is 4.90 Å². The van der Waals surface area contributed by atoms with Crippen molar-refractivity contribution in [3.8, 4) is 0 Å². The van der Waals surface area contributed by atoms with E-state index in [2.05, 4.69) is 21.2 Å². The molecule has 0 saturated heterocycles. The van der Waals surface area contributed by atoms with E-state index in [-0.39, 0.29) is 24.6 Å². The molecular formula is C29H32BrF2N3O4S. The molecule has 0 saturated carbocycles. The molecule has 1 atom stereocenters. The number of benzene rings is 3. The second-order valence-corrected chi connectivity index (χ2v) is 12.2. The van der Waals surface area contributed by atoms with Crippen molar-refractivity contribution in [3.63, 3.8) is 0 Å². The van der Waals surface area contributed by atoms with E-state index in [4.69, 9.17) is 0 Å². The fourth-order valence-electron chi connectivity index (χ4n) is 4.15. The van der Waals surface area contributed by atoms with Crippen LogP contribution in [0.4, 0.5) is 14.5 Å². The molecule has 0 aliphatic carbocycles. The Morgan fingerprint density at radius 1 is 0.950 bits per heavy atom. The van der Waals surface area contributed by atoms with Gasteiger partial charge in [0, 0.05) is 30.0 Å². The Morgan fingerprint density at radius 3 is 2.27 bits per heavy atom. The van der Waals surface area contributed by atoms with Crippen LogP contribution in [0.1, 0.15) is 30.9 Å². The van der Waals surface area contributed by atoms with Crippen LogP contribution in [-0.2, 0) is 32.6 Å². The smallest absolute Gasteiger partial charge is 0.244 e. The van der Waals surface area contributed by atoms with Crippen molar-refractivity contribution >= 4 is 43.5 Å². The molecule has 2 amide bonds. The van der Waals surface area contributed by atoms with Crippen LogP contribution >= 0.6 is 15.9 Å². The van der Waals surface area contributed by atoms with Gasteiger partial charge in [0.2, 0.25) is 21.8 Å². The first-order valence-corrected chi connectivity index (χ1v) is 15.4. The van der Waals surface area contributed by atoms with Crippen LogP contribution in [-0.4, -0.2) is 50.5 Å². The van der Waals surface area contributed by atoms with Gasteiger partial charge in [-0.15, -0.1) is 0 Å². The third-order valence-electron chi connectivity index (χ3n) is 6.21. The van der Waals surface area contributed by atoms with E-state index in [0.29, 0.717) is 16.4 Å². The van der Waals surface area contributed by atoms with Crippen molar-refractivity contribution in [2.24, 2.45) is 0 Å². The summed E-state index contributed by atoms with van der Waals surface area (Å²) in [6, 6.07) is 18.0. The third kappa shape index (κ3) is 8.85. The lowest BCUT2D eigenvalue weighted by Gasteiger charge is -2.33. The molecule has 0 heterocycles. The van der Waals surface area contributed by atoms with Crippen molar-refractivity contribution in [3.05, 3.63) is 100 Å². The number of unbranched alkanes of at least 4 members (excludes halogenated alkanes) is 1. The minimum Gasteiger partial charge on any atom is -0.354 e. The van der Waals surface area contributed by atoms with Crippen LogP contribution in [0.15, 0.2) is 77.3 Å². The summed E-state index contributed by atoms with van der Waals surface area (Å²) in [6.07, 6.45) is 2.67. The number of carbonyl (C=O) groups excluding carboxylic acids is 2. The van der Waals surface area contributed by atoms with Crippen LogP contribution in [0.3, 0.4) is 0 Å². The molecule has 0 bridgehead atoms. The number of rotatable bonds is 13. The zero-order valence-electron chi connectivity index (χ0n) is 22.3. The van der Waals surface area contributed by atoms with Crippen molar-refractivity contribution in [1.29, 1.82) is 0 Å². The summed E-state index contributed by atoms with van der Waals surface area (Å²) in [5.41, 5.74) is 1.32. The molecule has 3 rings (SSSR count). The second-order valence-electron chi connectivity index (χ2n) is 9.37. The van der Waals surface area contributed by atoms with E-state index in [1.54, 1.807) is 18.2 Å². The Bertz CT molecular complexity index is 1420. The van der Waals surface area contributed by atoms with Crippen LogP contribution < -0.4 is 9.62 Å². The molecule has 3 aromatic rings. The number of anilines is 1. The average molecular weight is 637 g/mol. The number of hydrogen-bond donors (Lipinski definition) is 1. The van der Waals surface area contributed by atoms with Crippen LogP contribution in [0.2, 0.25) is 0 Å². The zero-order valence-corrected chi connectivity index (χ0v) is 24.7. The molecule has 0 aliphatic rings. The van der Waals surface area contributed by atoms with E-state index in [9.17, 15) is 26.8 Å². The summed E-state index contributed by atoms with van der Waals surface area (Å²) in [4.78, 5) is 28.8. The van der Waals surface area contributed by atoms with Gasteiger partial charge in [-0.1, -0.05) is 71.7 Å². The molecule has 1 N–H and O–H groups in total. The third-order valence-corrected chi connectivity index (χ3v) is 7.85. The molecular weight excluding hydrogens is 604 g/mol. The minimum absolute atomic E-state index is 0.00630. The quantitative estimate of drug-likeness (QED) is 0.266. The first kappa shape index (κ1) is 31.2. The Hall–Kier alpha value is -3.31. The van der Waals surface area contributed by atoms with Gasteiger partial charge in [0.15, 0.2) is 11.6 Å². The predicted octanol–water partition coefficient (Wildman–Crippen LogP) is 5.05. The molecule has 0 radical (unpaired) electrons. The molecule has 0 aromatic heterocycles. The number of amides is 2. The number of nitrogens with zero attached hydrogens (tertiary/aromatic N) is 2. The fourth-order valence-corrected chi connectivity index (χ4v) is 5.43. The number of hydrogen-bond acceptors (Lipinski definition) is 4. The highest BCUT2D eigenvalue weighted by Gasteiger charge is 2.33. The maximum Gasteiger partial charge on any atom is 0.244 e. The van der Waals surface area contributed by atoms with Gasteiger partial charge in [-0.2, -0.15) is 0 Å². The van der Waals surface area contributed by atoms with Gasteiger partial charge in [0.1, 0.15) is 12.6 Å². The van der Waals surface area contributed by atoms with Gasteiger partial charge in [-0.25, -0.2) is 17.2 Å². The molecule has 0 spiro atoms. The van der Waals surface area contributed by atoms with E-state index in [1.807, 2.05) is 43.3 Å². The Labute approximate surface area is 242 Å². The molecule has 0 fully saturated rings. The Kier molecular flexibility index (Phi) is 11.2. The molecule has 1 unspecified atom stereocenters. The van der Waals surface area contributed by atoms with E-state index >= 15 is 0 Å². The van der Waals surface area contributed by atoms with Crippen molar-refractivity contribution in [2.45, 2.75) is 38.8 Å². The van der Waals surface area contributed by atoms with Gasteiger partial charge < -0.3 is 10.2 Å². The molecule has 3 aromatic carbocycles. The second kappa shape index (κ2) is 14.4. The highest BCUT2D eigenvalue weighted by Crippen LogP contribution is 2.23. The van der Waals surface area contributed by atoms with Crippen LogP contribution in [0.25, 0.3) is 0 Å². The number of sulfonamides is 1. The predicted molar refractivity (Wildman–Crippen MR) is 155 cm³/mol. The van der Waals surface area contributed by atoms with Gasteiger partial charge in [0.05, 0.1) is 11.9 Å². The number of carbonyl (C=O) groups is 2. The first-order valence-electron chi connectivity index (χ1n) is 12.8. The summed E-state index contributed by atoms with van der Waals surface area (Å²) >= 11 is 3.42. The maximum absolute atomic E-state index is 14.0. The Balaban J connectivity index is 2.04. The van der Waals surface area contributed by atoms with Gasteiger partial charge in [0.25, 0.3) is 0 Å². The number of halogens is 3. The van der Waals surface area contributed by atoms with E-state index < -0.39 is 40.2 Å². The van der Waals surface area contributed by atoms with Crippen molar-refractivity contribution in [2.75, 3.05) is 23.7 Å². The first-order chi connectivity index (χ1) is 19.0. The van der Waals surface area contributed by atoms with E-state index in [0.717, 1.165) is 47.3 Å². The summed E-state index contributed by atoms with van der Waals surface area (Å²) in [7, 11) is -4.09. The van der Waals surface area contributed by atoms with Crippen molar-refractivity contribution < 1.29 is 26.8 Å². The Morgan fingerprint density at radius 2 is 1.65 bits per heavy atom. The van der Waals surface area contributed by atoms with Crippen LogP contribution in [0.5, 0.6) is 0 Å². The largest absolute Gasteiger partial charge is 0.354 e. The number of nitrogens with one attached hydrogen (secondary N) is 1. The van der Waals surface area contributed by atoms with Gasteiger partial charge >= 0.3 is 0 Å². The lowest BCUT2D eigenvalue weighted by Crippen LogP contribution is -2.53. The minimum atomic E-state index is -4.09. The lowest BCUT2D eigenvalue weighted by atomic mass is 10.0. The van der Waals surface area contributed by atoms with Gasteiger partial charge in [-0.05, 0) is 41.8 Å². The summed E-state index contributed by atoms with van der Waals surface area (Å²) in [5.74, 6) is -3.45. The average Bonchev–Trinajstić information content (AvgIpc) is 2.91. The molecule has 40 heavy (non-hydrogen) atoms. The standard InChI is InChI=1S/C29H32BrF2N3O4S/c1-3-4-15-33-29(37)27(17-21-9-6-5-7-10-21)34(19-22-11-8-12-23(30)16-22)28(36)20-35(40(2,38)39)24-13-14-25(31)26(32)18-24/h5-14,16,18,27H,3-4,15,17,19-20H2,1-2H3,(H,33,37).